The number of hydrogen-bond acceptors (Lipinski definition) is 5. The summed E-state index contributed by atoms with van der Waals surface area (Å²) in [6.07, 6.45) is -0.180. The van der Waals surface area contributed by atoms with E-state index in [1.54, 1.807) is 7.05 Å². The van der Waals surface area contributed by atoms with Gasteiger partial charge in [0.05, 0.1) is 6.54 Å². The number of nitrogens with one attached hydrogen (secondary N) is 2. The number of guanidine groups is 1. The van der Waals surface area contributed by atoms with Crippen molar-refractivity contribution in [3.8, 4) is 0 Å². The van der Waals surface area contributed by atoms with Gasteiger partial charge in [-0.05, 0) is 24.5 Å². The maximum absolute atomic E-state index is 12.6. The number of halogens is 4. The maximum Gasteiger partial charge on any atom is 0.434 e. The Labute approximate surface area is 182 Å². The van der Waals surface area contributed by atoms with Crippen LogP contribution in [-0.4, -0.2) is 36.1 Å². The molecule has 11 heteroatoms. The van der Waals surface area contributed by atoms with Crippen LogP contribution in [0.3, 0.4) is 0 Å². The molecule has 1 aliphatic heterocycles. The highest BCUT2D eigenvalue weighted by Crippen LogP contribution is 2.29. The Kier molecular flexibility index (Phi) is 8.28. The third kappa shape index (κ3) is 6.19. The minimum Gasteiger partial charge on any atom is -0.357 e. The second kappa shape index (κ2) is 10.2. The fourth-order valence-electron chi connectivity index (χ4n) is 2.74. The average Bonchev–Trinajstić information content (AvgIpc) is 3.34. The fourth-order valence-corrected chi connectivity index (χ4v) is 3.48. The zero-order chi connectivity index (χ0) is 19.3. The molecular formula is C17H22F3IN6S. The molecule has 0 aliphatic carbocycles. The molecule has 3 heterocycles. The zero-order valence-electron chi connectivity index (χ0n) is 15.3. The molecule has 1 aliphatic rings. The summed E-state index contributed by atoms with van der Waals surface area (Å²) in [5.74, 6) is 1.48. The molecule has 1 saturated heterocycles. The van der Waals surface area contributed by atoms with Crippen LogP contribution in [-0.2, 0) is 19.3 Å². The van der Waals surface area contributed by atoms with Gasteiger partial charge in [-0.2, -0.15) is 13.2 Å². The summed E-state index contributed by atoms with van der Waals surface area (Å²) in [5.41, 5.74) is 0.130. The largest absolute Gasteiger partial charge is 0.434 e. The van der Waals surface area contributed by atoms with Crippen LogP contribution in [0.1, 0.15) is 29.1 Å². The van der Waals surface area contributed by atoms with Gasteiger partial charge in [-0.3, -0.25) is 4.99 Å². The first kappa shape index (κ1) is 22.7. The van der Waals surface area contributed by atoms with Gasteiger partial charge in [0.1, 0.15) is 10.8 Å². The summed E-state index contributed by atoms with van der Waals surface area (Å²) in [4.78, 5) is 14.4. The van der Waals surface area contributed by atoms with Crippen LogP contribution >= 0.6 is 35.3 Å². The first-order chi connectivity index (χ1) is 13.0. The van der Waals surface area contributed by atoms with Crippen molar-refractivity contribution in [1.82, 2.24) is 20.6 Å². The number of rotatable bonds is 5. The number of nitrogens with zero attached hydrogens (tertiary/aromatic N) is 4. The molecule has 0 aromatic carbocycles. The van der Waals surface area contributed by atoms with Crippen molar-refractivity contribution in [2.75, 3.05) is 25.0 Å². The Hall–Kier alpha value is -1.63. The number of anilines is 1. The third-order valence-electron chi connectivity index (χ3n) is 4.17. The van der Waals surface area contributed by atoms with Gasteiger partial charge in [0.25, 0.3) is 0 Å². The van der Waals surface area contributed by atoms with Gasteiger partial charge in [-0.15, -0.1) is 35.3 Å². The first-order valence-electron chi connectivity index (χ1n) is 8.61. The minimum atomic E-state index is -4.41. The van der Waals surface area contributed by atoms with Crippen molar-refractivity contribution < 1.29 is 13.2 Å². The van der Waals surface area contributed by atoms with Crippen molar-refractivity contribution in [2.24, 2.45) is 4.99 Å². The molecule has 0 amide bonds. The summed E-state index contributed by atoms with van der Waals surface area (Å²) in [7, 11) is 1.60. The third-order valence-corrected chi connectivity index (χ3v) is 5.02. The molecule has 1 fully saturated rings. The normalized spacial score (nSPS) is 14.7. The van der Waals surface area contributed by atoms with Crippen LogP contribution < -0.4 is 15.5 Å². The molecule has 2 aromatic heterocycles. The van der Waals surface area contributed by atoms with Gasteiger partial charge in [-0.25, -0.2) is 9.97 Å². The highest BCUT2D eigenvalue weighted by atomic mass is 127. The molecule has 0 spiro atoms. The SMILES string of the molecule is CN=C(NCc1ccc(N2CCCC2)nc1)NCc1nc(C(F)(F)F)cs1.I. The van der Waals surface area contributed by atoms with Crippen LogP contribution in [0.5, 0.6) is 0 Å². The number of pyridine rings is 1. The lowest BCUT2D eigenvalue weighted by Crippen LogP contribution is -2.36. The van der Waals surface area contributed by atoms with E-state index < -0.39 is 11.9 Å². The van der Waals surface area contributed by atoms with E-state index in [0.717, 1.165) is 41.2 Å². The molecule has 2 aromatic rings. The van der Waals surface area contributed by atoms with E-state index in [2.05, 4.69) is 30.5 Å². The fraction of sp³-hybridized carbons (Fsp3) is 0.471. The van der Waals surface area contributed by atoms with Gasteiger partial charge in [-0.1, -0.05) is 6.07 Å². The van der Waals surface area contributed by atoms with Gasteiger partial charge in [0, 0.05) is 38.3 Å². The standard InChI is InChI=1S/C17H21F3N6S.HI/c1-21-16(24-10-15-25-13(11-27-15)17(18,19)20)23-9-12-4-5-14(22-8-12)26-6-2-3-7-26;/h4-5,8,11H,2-3,6-7,9-10H2,1H3,(H2,21,23,24);1H. The van der Waals surface area contributed by atoms with Crippen LogP contribution in [0.25, 0.3) is 0 Å². The Morgan fingerprint density at radius 2 is 1.93 bits per heavy atom. The Bertz CT molecular complexity index is 772. The second-order valence-corrected chi connectivity index (χ2v) is 7.07. The quantitative estimate of drug-likeness (QED) is 0.354. The van der Waals surface area contributed by atoms with Crippen molar-refractivity contribution in [1.29, 1.82) is 0 Å². The van der Waals surface area contributed by atoms with Gasteiger partial charge >= 0.3 is 6.18 Å². The van der Waals surface area contributed by atoms with Crippen LogP contribution in [0.15, 0.2) is 28.7 Å². The van der Waals surface area contributed by atoms with E-state index in [1.165, 1.54) is 12.8 Å². The predicted octanol–water partition coefficient (Wildman–Crippen LogP) is 3.64. The highest BCUT2D eigenvalue weighted by Gasteiger charge is 2.33. The van der Waals surface area contributed by atoms with Crippen LogP contribution in [0, 0.1) is 0 Å². The molecule has 0 saturated carbocycles. The van der Waals surface area contributed by atoms with E-state index in [4.69, 9.17) is 0 Å². The number of alkyl halides is 3. The van der Waals surface area contributed by atoms with E-state index >= 15 is 0 Å². The summed E-state index contributed by atoms with van der Waals surface area (Å²) in [6, 6.07) is 4.02. The number of thiazole rings is 1. The number of aliphatic imine (C=N–C) groups is 1. The average molecular weight is 526 g/mol. The van der Waals surface area contributed by atoms with Crippen LogP contribution in [0.4, 0.5) is 19.0 Å². The van der Waals surface area contributed by atoms with Crippen molar-refractivity contribution in [3.05, 3.63) is 40.0 Å². The van der Waals surface area contributed by atoms with Gasteiger partial charge < -0.3 is 15.5 Å². The molecular weight excluding hydrogens is 504 g/mol. The Morgan fingerprint density at radius 1 is 1.21 bits per heavy atom. The summed E-state index contributed by atoms with van der Waals surface area (Å²) in [5, 5.41) is 7.45. The smallest absolute Gasteiger partial charge is 0.357 e. The minimum absolute atomic E-state index is 0. The number of aromatic nitrogens is 2. The molecule has 0 atom stereocenters. The molecule has 3 rings (SSSR count). The van der Waals surface area contributed by atoms with Gasteiger partial charge in [0.15, 0.2) is 11.7 Å². The first-order valence-corrected chi connectivity index (χ1v) is 9.49. The number of hydrogen-bond donors (Lipinski definition) is 2. The van der Waals surface area contributed by atoms with E-state index in [0.29, 0.717) is 17.5 Å². The molecule has 0 unspecified atom stereocenters. The maximum atomic E-state index is 12.6. The topological polar surface area (TPSA) is 65.4 Å². The van der Waals surface area contributed by atoms with Gasteiger partial charge in [0.2, 0.25) is 0 Å². The van der Waals surface area contributed by atoms with Crippen molar-refractivity contribution in [2.45, 2.75) is 32.1 Å². The molecule has 0 bridgehead atoms. The van der Waals surface area contributed by atoms with E-state index in [9.17, 15) is 13.2 Å². The van der Waals surface area contributed by atoms with E-state index in [-0.39, 0.29) is 30.5 Å². The lowest BCUT2D eigenvalue weighted by atomic mass is 10.3. The molecule has 28 heavy (non-hydrogen) atoms. The molecule has 154 valence electrons. The van der Waals surface area contributed by atoms with Crippen molar-refractivity contribution in [3.63, 3.8) is 0 Å². The zero-order valence-corrected chi connectivity index (χ0v) is 18.4. The monoisotopic (exact) mass is 526 g/mol. The second-order valence-electron chi connectivity index (χ2n) is 6.12. The molecule has 0 radical (unpaired) electrons. The van der Waals surface area contributed by atoms with Crippen molar-refractivity contribution >= 4 is 47.1 Å². The molecule has 2 N–H and O–H groups in total. The Balaban J connectivity index is 0.00000280. The predicted molar refractivity (Wildman–Crippen MR) is 115 cm³/mol. The highest BCUT2D eigenvalue weighted by molar-refractivity contribution is 14.0. The summed E-state index contributed by atoms with van der Waals surface area (Å²) in [6.45, 7) is 2.78. The Morgan fingerprint density at radius 3 is 2.50 bits per heavy atom. The lowest BCUT2D eigenvalue weighted by Gasteiger charge is -2.16. The van der Waals surface area contributed by atoms with Crippen LogP contribution in [0.2, 0.25) is 0 Å². The summed E-state index contributed by atoms with van der Waals surface area (Å²) < 4.78 is 37.7. The lowest BCUT2D eigenvalue weighted by molar-refractivity contribution is -0.140. The van der Waals surface area contributed by atoms with E-state index in [1.807, 2.05) is 18.3 Å². The molecule has 6 nitrogen and oxygen atoms in total. The summed E-state index contributed by atoms with van der Waals surface area (Å²) >= 11 is 0.966.